The van der Waals surface area contributed by atoms with Crippen LogP contribution in [0.4, 0.5) is 5.69 Å². The van der Waals surface area contributed by atoms with Gasteiger partial charge in [-0.25, -0.2) is 0 Å². The van der Waals surface area contributed by atoms with Crippen molar-refractivity contribution in [2.45, 2.75) is 12.5 Å². The van der Waals surface area contributed by atoms with Crippen LogP contribution >= 0.6 is 0 Å². The maximum atomic E-state index is 9.13. The van der Waals surface area contributed by atoms with Crippen LogP contribution in [0.3, 0.4) is 0 Å². The van der Waals surface area contributed by atoms with Gasteiger partial charge in [0.25, 0.3) is 0 Å². The molecule has 1 aliphatic heterocycles. The Labute approximate surface area is 109 Å². The molecular weight excluding hydrogens is 224 g/mol. The van der Waals surface area contributed by atoms with E-state index in [-0.39, 0.29) is 0 Å². The first-order chi connectivity index (χ1) is 8.76. The van der Waals surface area contributed by atoms with E-state index in [2.05, 4.69) is 22.9 Å². The van der Waals surface area contributed by atoms with Crippen molar-refractivity contribution in [3.8, 4) is 6.07 Å². The van der Waals surface area contributed by atoms with Gasteiger partial charge in [-0.05, 0) is 25.6 Å². The molecule has 1 fully saturated rings. The fraction of sp³-hybridized carbons (Fsp3) is 0.500. The predicted octanol–water partition coefficient (Wildman–Crippen LogP) is 1.03. The molecule has 4 nitrogen and oxygen atoms in total. The molecular formula is C14H20N4. The summed E-state index contributed by atoms with van der Waals surface area (Å²) in [7, 11) is 2.12. The molecule has 1 heterocycles. The molecule has 1 aliphatic rings. The van der Waals surface area contributed by atoms with Crippen molar-refractivity contribution in [3.63, 3.8) is 0 Å². The molecule has 2 N–H and O–H groups in total. The fourth-order valence-corrected chi connectivity index (χ4v) is 2.55. The molecule has 4 heteroatoms. The molecule has 18 heavy (non-hydrogen) atoms. The van der Waals surface area contributed by atoms with Crippen LogP contribution < -0.4 is 10.6 Å². The molecule has 0 radical (unpaired) electrons. The van der Waals surface area contributed by atoms with E-state index in [9.17, 15) is 0 Å². The molecule has 0 aliphatic carbocycles. The lowest BCUT2D eigenvalue weighted by Crippen LogP contribution is -2.37. The summed E-state index contributed by atoms with van der Waals surface area (Å²) < 4.78 is 0. The van der Waals surface area contributed by atoms with E-state index in [1.165, 1.54) is 0 Å². The van der Waals surface area contributed by atoms with Crippen molar-refractivity contribution < 1.29 is 0 Å². The van der Waals surface area contributed by atoms with E-state index in [4.69, 9.17) is 11.0 Å². The largest absolute Gasteiger partial charge is 0.369 e. The Morgan fingerprint density at radius 2 is 2.28 bits per heavy atom. The Morgan fingerprint density at radius 1 is 1.50 bits per heavy atom. The number of para-hydroxylation sites is 1. The predicted molar refractivity (Wildman–Crippen MR) is 73.5 cm³/mol. The van der Waals surface area contributed by atoms with E-state index < -0.39 is 0 Å². The van der Waals surface area contributed by atoms with Crippen molar-refractivity contribution in [1.82, 2.24) is 4.90 Å². The van der Waals surface area contributed by atoms with Crippen LogP contribution in [-0.4, -0.2) is 44.2 Å². The van der Waals surface area contributed by atoms with Gasteiger partial charge in [0.1, 0.15) is 6.07 Å². The number of nitriles is 1. The second-order valence-corrected chi connectivity index (χ2v) is 4.79. The number of benzene rings is 1. The molecule has 1 aromatic rings. The normalized spacial score (nSPS) is 19.2. The number of nitrogens with two attached hydrogens (primary N) is 1. The Hall–Kier alpha value is -1.57. The highest BCUT2D eigenvalue weighted by Gasteiger charge is 2.26. The second-order valence-electron chi connectivity index (χ2n) is 4.79. The number of anilines is 1. The highest BCUT2D eigenvalue weighted by molar-refractivity contribution is 5.59. The van der Waals surface area contributed by atoms with Crippen LogP contribution in [-0.2, 0) is 0 Å². The molecule has 0 spiro atoms. The lowest BCUT2D eigenvalue weighted by Gasteiger charge is -2.25. The quantitative estimate of drug-likeness (QED) is 0.859. The third-order valence-corrected chi connectivity index (χ3v) is 3.63. The summed E-state index contributed by atoms with van der Waals surface area (Å²) >= 11 is 0. The van der Waals surface area contributed by atoms with Crippen LogP contribution in [0.2, 0.25) is 0 Å². The highest BCUT2D eigenvalue weighted by Crippen LogP contribution is 2.25. The van der Waals surface area contributed by atoms with Crippen LogP contribution in [0.25, 0.3) is 0 Å². The third-order valence-electron chi connectivity index (χ3n) is 3.63. The Morgan fingerprint density at radius 3 is 3.00 bits per heavy atom. The monoisotopic (exact) mass is 244 g/mol. The number of hydrogen-bond donors (Lipinski definition) is 1. The van der Waals surface area contributed by atoms with Crippen LogP contribution in [0.15, 0.2) is 24.3 Å². The molecule has 96 valence electrons. The first-order valence-corrected chi connectivity index (χ1v) is 6.40. The third kappa shape index (κ3) is 2.63. The number of likely N-dealkylation sites (N-methyl/N-ethyl adjacent to an activating group) is 1. The topological polar surface area (TPSA) is 56.3 Å². The molecule has 0 saturated carbocycles. The van der Waals surface area contributed by atoms with Gasteiger partial charge in [0, 0.05) is 32.2 Å². The zero-order chi connectivity index (χ0) is 13.0. The van der Waals surface area contributed by atoms with Crippen molar-refractivity contribution in [1.29, 1.82) is 5.26 Å². The number of rotatable bonds is 4. The van der Waals surface area contributed by atoms with Gasteiger partial charge >= 0.3 is 0 Å². The Balaban J connectivity index is 2.07. The lowest BCUT2D eigenvalue weighted by atomic mass is 10.2. The summed E-state index contributed by atoms with van der Waals surface area (Å²) in [6.07, 6.45) is 1.14. The van der Waals surface area contributed by atoms with E-state index >= 15 is 0 Å². The Kier molecular flexibility index (Phi) is 4.19. The van der Waals surface area contributed by atoms with Gasteiger partial charge in [-0.1, -0.05) is 12.1 Å². The second kappa shape index (κ2) is 5.85. The molecule has 1 saturated heterocycles. The van der Waals surface area contributed by atoms with Crippen molar-refractivity contribution in [2.75, 3.05) is 38.1 Å². The maximum Gasteiger partial charge on any atom is 0.101 e. The fourth-order valence-electron chi connectivity index (χ4n) is 2.55. The molecule has 1 aromatic carbocycles. The molecule has 0 bridgehead atoms. The average Bonchev–Trinajstić information content (AvgIpc) is 2.88. The minimum atomic E-state index is 0.542. The van der Waals surface area contributed by atoms with E-state index in [1.807, 2.05) is 24.3 Å². The summed E-state index contributed by atoms with van der Waals surface area (Å²) in [6.45, 7) is 3.62. The number of hydrogen-bond acceptors (Lipinski definition) is 4. The van der Waals surface area contributed by atoms with Crippen LogP contribution in [0.1, 0.15) is 12.0 Å². The van der Waals surface area contributed by atoms with E-state index in [0.717, 1.165) is 37.3 Å². The summed E-state index contributed by atoms with van der Waals surface area (Å²) in [5, 5.41) is 9.13. The maximum absolute atomic E-state index is 9.13. The summed E-state index contributed by atoms with van der Waals surface area (Å²) in [4.78, 5) is 4.62. The standard InChI is InChI=1S/C14H20N4/c1-17(9-7-15)13-6-8-18(11-13)14-5-3-2-4-12(14)10-16/h2-5,13H,6-9,11,15H2,1H3. The van der Waals surface area contributed by atoms with Gasteiger partial charge in [0.2, 0.25) is 0 Å². The van der Waals surface area contributed by atoms with Gasteiger partial charge < -0.3 is 15.5 Å². The van der Waals surface area contributed by atoms with Crippen molar-refractivity contribution in [2.24, 2.45) is 5.73 Å². The first-order valence-electron chi connectivity index (χ1n) is 6.40. The summed E-state index contributed by atoms with van der Waals surface area (Å²) in [6, 6.07) is 10.6. The molecule has 1 unspecified atom stereocenters. The van der Waals surface area contributed by atoms with Crippen molar-refractivity contribution in [3.05, 3.63) is 29.8 Å². The molecule has 2 rings (SSSR count). The lowest BCUT2D eigenvalue weighted by molar-refractivity contribution is 0.266. The highest BCUT2D eigenvalue weighted by atomic mass is 15.2. The van der Waals surface area contributed by atoms with Gasteiger partial charge in [0.05, 0.1) is 11.3 Å². The summed E-state index contributed by atoms with van der Waals surface area (Å²) in [5.74, 6) is 0. The molecule has 0 aromatic heterocycles. The van der Waals surface area contributed by atoms with E-state index in [0.29, 0.717) is 12.6 Å². The zero-order valence-corrected chi connectivity index (χ0v) is 10.8. The SMILES string of the molecule is CN(CCN)C1CCN(c2ccccc2C#N)C1. The zero-order valence-electron chi connectivity index (χ0n) is 10.8. The smallest absolute Gasteiger partial charge is 0.101 e. The first kappa shape index (κ1) is 12.9. The van der Waals surface area contributed by atoms with Crippen molar-refractivity contribution >= 4 is 5.69 Å². The van der Waals surface area contributed by atoms with Gasteiger partial charge in [-0.3, -0.25) is 0 Å². The van der Waals surface area contributed by atoms with Crippen LogP contribution in [0, 0.1) is 11.3 Å². The average molecular weight is 244 g/mol. The number of nitrogens with zero attached hydrogens (tertiary/aromatic N) is 3. The minimum absolute atomic E-state index is 0.542. The molecule has 1 atom stereocenters. The van der Waals surface area contributed by atoms with Gasteiger partial charge in [-0.2, -0.15) is 5.26 Å². The van der Waals surface area contributed by atoms with Gasteiger partial charge in [-0.15, -0.1) is 0 Å². The Bertz CT molecular complexity index is 438. The van der Waals surface area contributed by atoms with Gasteiger partial charge in [0.15, 0.2) is 0 Å². The molecule has 0 amide bonds. The van der Waals surface area contributed by atoms with Crippen LogP contribution in [0.5, 0.6) is 0 Å². The summed E-state index contributed by atoms with van der Waals surface area (Å²) in [5.41, 5.74) is 7.41. The minimum Gasteiger partial charge on any atom is -0.369 e. The van der Waals surface area contributed by atoms with E-state index in [1.54, 1.807) is 0 Å².